The van der Waals surface area contributed by atoms with Gasteiger partial charge in [0.1, 0.15) is 0 Å². The van der Waals surface area contributed by atoms with E-state index in [1.165, 1.54) is 0 Å². The summed E-state index contributed by atoms with van der Waals surface area (Å²) in [4.78, 5) is 27.5. The van der Waals surface area contributed by atoms with Crippen molar-refractivity contribution >= 4 is 17.4 Å². The van der Waals surface area contributed by atoms with E-state index in [4.69, 9.17) is 9.47 Å². The van der Waals surface area contributed by atoms with Crippen molar-refractivity contribution < 1.29 is 19.1 Å². The third-order valence-electron chi connectivity index (χ3n) is 5.54. The van der Waals surface area contributed by atoms with Crippen LogP contribution in [-0.2, 0) is 4.79 Å². The van der Waals surface area contributed by atoms with Gasteiger partial charge in [-0.05, 0) is 45.0 Å². The van der Waals surface area contributed by atoms with Crippen LogP contribution in [0.1, 0.15) is 30.1 Å². The third-order valence-corrected chi connectivity index (χ3v) is 5.54. The van der Waals surface area contributed by atoms with Crippen LogP contribution in [0.5, 0.6) is 11.5 Å². The first kappa shape index (κ1) is 20.9. The summed E-state index contributed by atoms with van der Waals surface area (Å²) in [7, 11) is 3.14. The number of rotatable bonds is 7. The Morgan fingerprint density at radius 3 is 2.28 bits per heavy atom. The van der Waals surface area contributed by atoms with E-state index in [1.807, 2.05) is 37.3 Å². The summed E-state index contributed by atoms with van der Waals surface area (Å²) in [5, 5.41) is 2.94. The van der Waals surface area contributed by atoms with Crippen LogP contribution in [0.4, 0.5) is 5.69 Å². The lowest BCUT2D eigenvalue weighted by Crippen LogP contribution is -2.47. The lowest BCUT2D eigenvalue weighted by Gasteiger charge is -2.34. The van der Waals surface area contributed by atoms with Gasteiger partial charge < -0.3 is 14.8 Å². The minimum absolute atomic E-state index is 0.0229. The monoisotopic (exact) mass is 396 g/mol. The average Bonchev–Trinajstić information content (AvgIpc) is 2.78. The molecule has 6 heteroatoms. The number of ether oxygens (including phenoxy) is 2. The van der Waals surface area contributed by atoms with E-state index in [2.05, 4.69) is 10.2 Å². The summed E-state index contributed by atoms with van der Waals surface area (Å²) in [6.45, 7) is 3.35. The number of ketones is 1. The highest BCUT2D eigenvalue weighted by molar-refractivity contribution is 5.98. The van der Waals surface area contributed by atoms with Crippen LogP contribution in [0.15, 0.2) is 48.5 Å². The van der Waals surface area contributed by atoms with Gasteiger partial charge in [-0.25, -0.2) is 0 Å². The van der Waals surface area contributed by atoms with Crippen LogP contribution in [0, 0.1) is 5.92 Å². The molecule has 1 amide bonds. The smallest absolute Gasteiger partial charge is 0.241 e. The predicted molar refractivity (Wildman–Crippen MR) is 113 cm³/mol. The molecule has 1 aliphatic rings. The van der Waals surface area contributed by atoms with Crippen molar-refractivity contribution in [3.63, 3.8) is 0 Å². The molecular formula is C23H28N2O4. The zero-order valence-electron chi connectivity index (χ0n) is 17.2. The molecule has 0 aliphatic carbocycles. The van der Waals surface area contributed by atoms with Crippen LogP contribution in [0.3, 0.4) is 0 Å². The number of Topliss-reactive ketones (excluding diaryl/α,β-unsaturated/α-hetero) is 1. The number of methoxy groups -OCH3 is 2. The van der Waals surface area contributed by atoms with Gasteiger partial charge in [-0.15, -0.1) is 0 Å². The maximum absolute atomic E-state index is 12.7. The van der Waals surface area contributed by atoms with Crippen LogP contribution in [-0.4, -0.2) is 49.9 Å². The molecule has 0 saturated carbocycles. The van der Waals surface area contributed by atoms with Gasteiger partial charge in [0.05, 0.1) is 20.3 Å². The molecule has 0 bridgehead atoms. The van der Waals surface area contributed by atoms with E-state index in [-0.39, 0.29) is 23.7 Å². The molecule has 3 rings (SSSR count). The summed E-state index contributed by atoms with van der Waals surface area (Å²) in [5.74, 6) is 1.33. The first-order valence-electron chi connectivity index (χ1n) is 9.89. The van der Waals surface area contributed by atoms with Gasteiger partial charge >= 0.3 is 0 Å². The van der Waals surface area contributed by atoms with Crippen molar-refractivity contribution in [1.82, 2.24) is 4.90 Å². The Balaban J connectivity index is 1.55. The molecule has 2 aromatic rings. The maximum Gasteiger partial charge on any atom is 0.241 e. The first-order valence-corrected chi connectivity index (χ1v) is 9.89. The van der Waals surface area contributed by atoms with Crippen LogP contribution in [0.25, 0.3) is 0 Å². The number of carbonyl (C=O) groups excluding carboxylic acids is 2. The Morgan fingerprint density at radius 2 is 1.66 bits per heavy atom. The summed E-state index contributed by atoms with van der Waals surface area (Å²) in [6.07, 6.45) is 1.53. The fourth-order valence-electron chi connectivity index (χ4n) is 3.71. The Bertz CT molecular complexity index is 845. The molecule has 0 spiro atoms. The Kier molecular flexibility index (Phi) is 6.88. The normalized spacial score (nSPS) is 16.1. The van der Waals surface area contributed by atoms with Crippen molar-refractivity contribution in [2.24, 2.45) is 5.92 Å². The van der Waals surface area contributed by atoms with E-state index >= 15 is 0 Å². The second-order valence-electron chi connectivity index (χ2n) is 7.28. The van der Waals surface area contributed by atoms with Gasteiger partial charge in [-0.1, -0.05) is 30.3 Å². The summed E-state index contributed by atoms with van der Waals surface area (Å²) in [6, 6.07) is 14.5. The third kappa shape index (κ3) is 4.95. The van der Waals surface area contributed by atoms with E-state index in [0.29, 0.717) is 17.2 Å². The van der Waals surface area contributed by atoms with Gasteiger partial charge in [0.15, 0.2) is 17.3 Å². The molecule has 0 radical (unpaired) electrons. The standard InChI is InChI=1S/C23H28N2O4/c1-16(23(27)24-19-9-10-20(28-2)21(15-19)29-3)25-13-11-18(12-14-25)22(26)17-7-5-4-6-8-17/h4-10,15-16,18H,11-14H2,1-3H3,(H,24,27). The zero-order valence-corrected chi connectivity index (χ0v) is 17.2. The summed E-state index contributed by atoms with van der Waals surface area (Å²) < 4.78 is 10.5. The van der Waals surface area contributed by atoms with Crippen LogP contribution >= 0.6 is 0 Å². The number of nitrogens with zero attached hydrogens (tertiary/aromatic N) is 1. The van der Waals surface area contributed by atoms with Crippen LogP contribution in [0.2, 0.25) is 0 Å². The number of anilines is 1. The molecule has 2 aromatic carbocycles. The van der Waals surface area contributed by atoms with Gasteiger partial charge in [0, 0.05) is 23.2 Å². The van der Waals surface area contributed by atoms with Crippen LogP contribution < -0.4 is 14.8 Å². The Morgan fingerprint density at radius 1 is 1.00 bits per heavy atom. The number of nitrogens with one attached hydrogen (secondary N) is 1. The van der Waals surface area contributed by atoms with E-state index < -0.39 is 0 Å². The molecular weight excluding hydrogens is 368 g/mol. The molecule has 154 valence electrons. The second-order valence-corrected chi connectivity index (χ2v) is 7.28. The largest absolute Gasteiger partial charge is 0.493 e. The van der Waals surface area contributed by atoms with Crippen molar-refractivity contribution in [1.29, 1.82) is 0 Å². The highest BCUT2D eigenvalue weighted by Crippen LogP contribution is 2.30. The minimum Gasteiger partial charge on any atom is -0.493 e. The molecule has 1 heterocycles. The fourth-order valence-corrected chi connectivity index (χ4v) is 3.71. The molecule has 1 unspecified atom stereocenters. The lowest BCUT2D eigenvalue weighted by atomic mass is 9.88. The van der Waals surface area contributed by atoms with Gasteiger partial charge in [-0.3, -0.25) is 14.5 Å². The molecule has 1 aliphatic heterocycles. The Hall–Kier alpha value is -2.86. The lowest BCUT2D eigenvalue weighted by molar-refractivity contribution is -0.121. The predicted octanol–water partition coefficient (Wildman–Crippen LogP) is 3.63. The molecule has 1 saturated heterocycles. The average molecular weight is 396 g/mol. The second kappa shape index (κ2) is 9.56. The van der Waals surface area contributed by atoms with Gasteiger partial charge in [0.25, 0.3) is 0 Å². The topological polar surface area (TPSA) is 67.9 Å². The number of amides is 1. The number of carbonyl (C=O) groups is 2. The van der Waals surface area contributed by atoms with Crippen molar-refractivity contribution in [3.8, 4) is 11.5 Å². The van der Waals surface area contributed by atoms with E-state index in [9.17, 15) is 9.59 Å². The van der Waals surface area contributed by atoms with E-state index in [0.717, 1.165) is 31.5 Å². The summed E-state index contributed by atoms with van der Waals surface area (Å²) >= 11 is 0. The SMILES string of the molecule is COc1ccc(NC(=O)C(C)N2CCC(C(=O)c3ccccc3)CC2)cc1OC. The molecule has 1 N–H and O–H groups in total. The number of benzene rings is 2. The summed E-state index contributed by atoms with van der Waals surface area (Å²) in [5.41, 5.74) is 1.43. The number of piperidine rings is 1. The van der Waals surface area contributed by atoms with Crippen molar-refractivity contribution in [2.45, 2.75) is 25.8 Å². The molecule has 1 fully saturated rings. The molecule has 0 aromatic heterocycles. The van der Waals surface area contributed by atoms with Crippen molar-refractivity contribution in [2.75, 3.05) is 32.6 Å². The highest BCUT2D eigenvalue weighted by Gasteiger charge is 2.30. The maximum atomic E-state index is 12.7. The first-order chi connectivity index (χ1) is 14.0. The minimum atomic E-state index is -0.282. The zero-order chi connectivity index (χ0) is 20.8. The number of hydrogen-bond acceptors (Lipinski definition) is 5. The van der Waals surface area contributed by atoms with E-state index in [1.54, 1.807) is 32.4 Å². The molecule has 6 nitrogen and oxygen atoms in total. The van der Waals surface area contributed by atoms with Gasteiger partial charge in [0.2, 0.25) is 5.91 Å². The highest BCUT2D eigenvalue weighted by atomic mass is 16.5. The number of likely N-dealkylation sites (tertiary alicyclic amines) is 1. The Labute approximate surface area is 171 Å². The molecule has 29 heavy (non-hydrogen) atoms. The quantitative estimate of drug-likeness (QED) is 0.724. The van der Waals surface area contributed by atoms with Gasteiger partial charge in [-0.2, -0.15) is 0 Å². The fraction of sp³-hybridized carbons (Fsp3) is 0.391. The molecule has 1 atom stereocenters. The van der Waals surface area contributed by atoms with Crippen molar-refractivity contribution in [3.05, 3.63) is 54.1 Å². The number of hydrogen-bond donors (Lipinski definition) is 1.